The molecule has 0 saturated carbocycles. The molecule has 2 aromatic carbocycles. The van der Waals surface area contributed by atoms with Gasteiger partial charge in [0.25, 0.3) is 0 Å². The molecule has 0 radical (unpaired) electrons. The number of carbonyl (C=O) groups excluding carboxylic acids is 1. The van der Waals surface area contributed by atoms with Gasteiger partial charge in [0.05, 0.1) is 11.0 Å². The first-order chi connectivity index (χ1) is 13.0. The van der Waals surface area contributed by atoms with Crippen molar-refractivity contribution in [1.29, 1.82) is 0 Å². The van der Waals surface area contributed by atoms with Gasteiger partial charge < -0.3 is 9.80 Å². The van der Waals surface area contributed by atoms with E-state index in [1.807, 2.05) is 68.7 Å². The number of likely N-dealkylation sites (N-methyl/N-ethyl adjacent to an activating group) is 1. The van der Waals surface area contributed by atoms with Gasteiger partial charge in [-0.2, -0.15) is 0 Å². The van der Waals surface area contributed by atoms with E-state index in [0.29, 0.717) is 13.1 Å². The fourth-order valence-electron chi connectivity index (χ4n) is 3.23. The molecule has 0 atom stereocenters. The number of imidazole rings is 1. The van der Waals surface area contributed by atoms with Gasteiger partial charge in [0.1, 0.15) is 0 Å². The maximum Gasteiger partial charge on any atom is 0.328 e. The van der Waals surface area contributed by atoms with Crippen molar-refractivity contribution >= 4 is 22.6 Å². The zero-order valence-electron chi connectivity index (χ0n) is 16.1. The van der Waals surface area contributed by atoms with Crippen LogP contribution in [0.4, 0.5) is 5.69 Å². The SMILES string of the molecule is CN(C)CCN(C(=O)CCn1c(=O)n(C)c2ccccc21)c1ccccc1. The first-order valence-electron chi connectivity index (χ1n) is 9.13. The van der Waals surface area contributed by atoms with Crippen molar-refractivity contribution in [3.63, 3.8) is 0 Å². The largest absolute Gasteiger partial charge is 0.328 e. The summed E-state index contributed by atoms with van der Waals surface area (Å²) in [5, 5.41) is 0. The molecule has 3 aromatic rings. The third kappa shape index (κ3) is 4.11. The predicted molar refractivity (Wildman–Crippen MR) is 109 cm³/mol. The fraction of sp³-hybridized carbons (Fsp3) is 0.333. The van der Waals surface area contributed by atoms with E-state index in [1.54, 1.807) is 21.1 Å². The Kier molecular flexibility index (Phi) is 5.76. The minimum absolute atomic E-state index is 0.0166. The third-order valence-corrected chi connectivity index (χ3v) is 4.74. The van der Waals surface area contributed by atoms with E-state index in [4.69, 9.17) is 0 Å². The van der Waals surface area contributed by atoms with Gasteiger partial charge in [0.15, 0.2) is 0 Å². The Morgan fingerprint density at radius 3 is 2.22 bits per heavy atom. The van der Waals surface area contributed by atoms with Gasteiger partial charge >= 0.3 is 5.69 Å². The summed E-state index contributed by atoms with van der Waals surface area (Å²) in [7, 11) is 5.74. The van der Waals surface area contributed by atoms with Crippen LogP contribution in [0.25, 0.3) is 11.0 Å². The normalized spacial score (nSPS) is 11.3. The number of rotatable bonds is 7. The van der Waals surface area contributed by atoms with Crippen LogP contribution in [0, 0.1) is 0 Å². The summed E-state index contributed by atoms with van der Waals surface area (Å²) in [5.74, 6) is 0.0166. The Labute approximate surface area is 159 Å². The summed E-state index contributed by atoms with van der Waals surface area (Å²) in [4.78, 5) is 29.4. The quantitative estimate of drug-likeness (QED) is 0.645. The van der Waals surface area contributed by atoms with E-state index in [-0.39, 0.29) is 18.0 Å². The van der Waals surface area contributed by atoms with E-state index >= 15 is 0 Å². The summed E-state index contributed by atoms with van der Waals surface area (Å²) in [6, 6.07) is 17.3. The van der Waals surface area contributed by atoms with Crippen molar-refractivity contribution in [1.82, 2.24) is 14.0 Å². The topological polar surface area (TPSA) is 50.5 Å². The van der Waals surface area contributed by atoms with Gasteiger partial charge in [0, 0.05) is 38.8 Å². The van der Waals surface area contributed by atoms with Crippen LogP contribution in [0.5, 0.6) is 0 Å². The summed E-state index contributed by atoms with van der Waals surface area (Å²) in [5.41, 5.74) is 2.53. The van der Waals surface area contributed by atoms with E-state index in [9.17, 15) is 9.59 Å². The van der Waals surface area contributed by atoms with E-state index in [2.05, 4.69) is 4.90 Å². The Morgan fingerprint density at radius 2 is 1.56 bits per heavy atom. The maximum atomic E-state index is 13.0. The molecule has 0 spiro atoms. The molecule has 6 nitrogen and oxygen atoms in total. The first-order valence-corrected chi connectivity index (χ1v) is 9.13. The maximum absolute atomic E-state index is 13.0. The van der Waals surface area contributed by atoms with Crippen LogP contribution in [0.3, 0.4) is 0 Å². The van der Waals surface area contributed by atoms with Crippen molar-refractivity contribution in [3.05, 3.63) is 65.1 Å². The second-order valence-corrected chi connectivity index (χ2v) is 6.92. The molecule has 0 bridgehead atoms. The van der Waals surface area contributed by atoms with Gasteiger partial charge in [-0.3, -0.25) is 13.9 Å². The molecule has 3 rings (SSSR count). The van der Waals surface area contributed by atoms with Crippen molar-refractivity contribution < 1.29 is 4.79 Å². The molecule has 0 N–H and O–H groups in total. The molecular weight excluding hydrogens is 340 g/mol. The molecular formula is C21H26N4O2. The molecule has 1 aromatic heterocycles. The van der Waals surface area contributed by atoms with Crippen molar-refractivity contribution in [2.24, 2.45) is 7.05 Å². The number of carbonyl (C=O) groups is 1. The number of hydrogen-bond donors (Lipinski definition) is 0. The number of amides is 1. The van der Waals surface area contributed by atoms with Crippen molar-refractivity contribution in [2.75, 3.05) is 32.1 Å². The number of aromatic nitrogens is 2. The van der Waals surface area contributed by atoms with Gasteiger partial charge in [-0.15, -0.1) is 0 Å². The van der Waals surface area contributed by atoms with Crippen LogP contribution < -0.4 is 10.6 Å². The highest BCUT2D eigenvalue weighted by Crippen LogP contribution is 2.16. The number of nitrogens with zero attached hydrogens (tertiary/aromatic N) is 4. The average Bonchev–Trinajstić information content (AvgIpc) is 2.92. The van der Waals surface area contributed by atoms with Gasteiger partial charge in [-0.25, -0.2) is 4.79 Å². The summed E-state index contributed by atoms with van der Waals surface area (Å²) < 4.78 is 3.31. The van der Waals surface area contributed by atoms with E-state index in [1.165, 1.54) is 0 Å². The van der Waals surface area contributed by atoms with Crippen LogP contribution in [0.1, 0.15) is 6.42 Å². The number of hydrogen-bond acceptors (Lipinski definition) is 3. The summed E-state index contributed by atoms with van der Waals surface area (Å²) in [6.07, 6.45) is 0.274. The molecule has 6 heteroatoms. The lowest BCUT2D eigenvalue weighted by atomic mass is 10.2. The molecule has 27 heavy (non-hydrogen) atoms. The van der Waals surface area contributed by atoms with Crippen LogP contribution >= 0.6 is 0 Å². The molecule has 0 saturated heterocycles. The summed E-state index contributed by atoms with van der Waals surface area (Å²) in [6.45, 7) is 1.75. The minimum Gasteiger partial charge on any atom is -0.311 e. The molecule has 0 aliphatic rings. The zero-order chi connectivity index (χ0) is 19.4. The lowest BCUT2D eigenvalue weighted by Crippen LogP contribution is -2.37. The molecule has 0 aliphatic heterocycles. The number of anilines is 1. The Morgan fingerprint density at radius 1 is 0.926 bits per heavy atom. The van der Waals surface area contributed by atoms with Crippen LogP contribution in [-0.2, 0) is 18.4 Å². The van der Waals surface area contributed by atoms with Crippen LogP contribution in [-0.4, -0.2) is 47.1 Å². The fourth-order valence-corrected chi connectivity index (χ4v) is 3.23. The lowest BCUT2D eigenvalue weighted by molar-refractivity contribution is -0.118. The Balaban J connectivity index is 1.80. The minimum atomic E-state index is -0.0939. The average molecular weight is 366 g/mol. The zero-order valence-corrected chi connectivity index (χ0v) is 16.1. The number of fused-ring (bicyclic) bond motifs is 1. The molecule has 0 aliphatic carbocycles. The number of benzene rings is 2. The lowest BCUT2D eigenvalue weighted by Gasteiger charge is -2.24. The number of aryl methyl sites for hydroxylation is 2. The molecule has 0 unspecified atom stereocenters. The monoisotopic (exact) mass is 366 g/mol. The van der Waals surface area contributed by atoms with Gasteiger partial charge in [-0.05, 0) is 38.4 Å². The first kappa shape index (κ1) is 18.9. The molecule has 0 fully saturated rings. The van der Waals surface area contributed by atoms with Crippen molar-refractivity contribution in [3.8, 4) is 0 Å². The number of para-hydroxylation sites is 3. The highest BCUT2D eigenvalue weighted by molar-refractivity contribution is 5.93. The van der Waals surface area contributed by atoms with Crippen LogP contribution in [0.2, 0.25) is 0 Å². The molecule has 142 valence electrons. The molecule has 1 amide bonds. The van der Waals surface area contributed by atoms with Gasteiger partial charge in [-0.1, -0.05) is 30.3 Å². The van der Waals surface area contributed by atoms with E-state index < -0.39 is 0 Å². The smallest absolute Gasteiger partial charge is 0.311 e. The van der Waals surface area contributed by atoms with E-state index in [0.717, 1.165) is 23.3 Å². The predicted octanol–water partition coefficient (Wildman–Crippen LogP) is 2.32. The Bertz CT molecular complexity index is 973. The van der Waals surface area contributed by atoms with Crippen molar-refractivity contribution in [2.45, 2.75) is 13.0 Å². The van der Waals surface area contributed by atoms with Gasteiger partial charge in [0.2, 0.25) is 5.91 Å². The standard InChI is InChI=1S/C21H26N4O2/c1-22(2)15-16-24(17-9-5-4-6-10-17)20(26)13-14-25-19-12-8-7-11-18(19)23(3)21(25)27/h4-12H,13-16H2,1-3H3. The molecule has 1 heterocycles. The second kappa shape index (κ2) is 8.22. The highest BCUT2D eigenvalue weighted by atomic mass is 16.2. The Hall–Kier alpha value is -2.86. The highest BCUT2D eigenvalue weighted by Gasteiger charge is 2.17. The van der Waals surface area contributed by atoms with Crippen LogP contribution in [0.15, 0.2) is 59.4 Å². The third-order valence-electron chi connectivity index (χ3n) is 4.74. The second-order valence-electron chi connectivity index (χ2n) is 6.92. The summed E-state index contributed by atoms with van der Waals surface area (Å²) >= 11 is 0.